The number of allylic oxidation sites excluding steroid dienone is 1. The summed E-state index contributed by atoms with van der Waals surface area (Å²) in [4.78, 5) is 11.7. The van der Waals surface area contributed by atoms with Crippen molar-refractivity contribution in [1.29, 1.82) is 0 Å². The van der Waals surface area contributed by atoms with Gasteiger partial charge in [-0.15, -0.1) is 0 Å². The minimum atomic E-state index is -0.389. The molecule has 0 radical (unpaired) electrons. The van der Waals surface area contributed by atoms with Gasteiger partial charge in [-0.05, 0) is 80.5 Å². The van der Waals surface area contributed by atoms with Crippen LogP contribution < -0.4 is 0 Å². The second-order valence-corrected chi connectivity index (χ2v) is 12.4. The van der Waals surface area contributed by atoms with Gasteiger partial charge in [-0.3, -0.25) is 4.79 Å². The van der Waals surface area contributed by atoms with Gasteiger partial charge in [-0.2, -0.15) is 0 Å². The summed E-state index contributed by atoms with van der Waals surface area (Å²) in [6.07, 6.45) is 11.0. The highest BCUT2D eigenvalue weighted by molar-refractivity contribution is 5.66. The van der Waals surface area contributed by atoms with E-state index in [-0.39, 0.29) is 28.7 Å². The summed E-state index contributed by atoms with van der Waals surface area (Å²) >= 11 is 0. The third-order valence-corrected chi connectivity index (χ3v) is 10.7. The first kappa shape index (κ1) is 21.9. The maximum Gasteiger partial charge on any atom is 0.302 e. The van der Waals surface area contributed by atoms with E-state index in [4.69, 9.17) is 14.2 Å². The first-order valence-corrected chi connectivity index (χ1v) is 12.7. The molecule has 4 nitrogen and oxygen atoms in total. The Balaban J connectivity index is 1.44. The van der Waals surface area contributed by atoms with E-state index in [1.807, 2.05) is 0 Å². The molecule has 0 N–H and O–H groups in total. The van der Waals surface area contributed by atoms with Crippen molar-refractivity contribution in [3.63, 3.8) is 0 Å². The minimum Gasteiger partial charge on any atom is -0.462 e. The van der Waals surface area contributed by atoms with Crippen molar-refractivity contribution in [2.45, 2.75) is 98.4 Å². The predicted molar refractivity (Wildman–Crippen MR) is 120 cm³/mol. The zero-order chi connectivity index (χ0) is 22.2. The Morgan fingerprint density at radius 1 is 0.968 bits per heavy atom. The summed E-state index contributed by atoms with van der Waals surface area (Å²) in [5.41, 5.74) is 2.02. The second kappa shape index (κ2) is 7.06. The second-order valence-electron chi connectivity index (χ2n) is 12.4. The highest BCUT2D eigenvalue weighted by atomic mass is 16.7. The Bertz CT molecular complexity index is 778. The van der Waals surface area contributed by atoms with E-state index in [9.17, 15) is 4.79 Å². The zero-order valence-corrected chi connectivity index (χ0v) is 20.5. The summed E-state index contributed by atoms with van der Waals surface area (Å²) in [5, 5.41) is 0. The number of hydrogen-bond acceptors (Lipinski definition) is 4. The largest absolute Gasteiger partial charge is 0.462 e. The fourth-order valence-corrected chi connectivity index (χ4v) is 9.38. The van der Waals surface area contributed by atoms with E-state index in [0.29, 0.717) is 11.3 Å². The van der Waals surface area contributed by atoms with Gasteiger partial charge in [0.1, 0.15) is 6.10 Å². The van der Waals surface area contributed by atoms with Crippen molar-refractivity contribution in [1.82, 2.24) is 0 Å². The van der Waals surface area contributed by atoms with Crippen molar-refractivity contribution < 1.29 is 19.0 Å². The lowest BCUT2D eigenvalue weighted by atomic mass is 9.44. The van der Waals surface area contributed by atoms with E-state index in [1.54, 1.807) is 12.5 Å². The lowest BCUT2D eigenvalue weighted by molar-refractivity contribution is -0.214. The summed E-state index contributed by atoms with van der Waals surface area (Å²) < 4.78 is 18.1. The number of esters is 1. The number of hydrogen-bond donors (Lipinski definition) is 0. The minimum absolute atomic E-state index is 0.00204. The van der Waals surface area contributed by atoms with Crippen LogP contribution >= 0.6 is 0 Å². The van der Waals surface area contributed by atoms with Crippen molar-refractivity contribution in [2.75, 3.05) is 13.2 Å². The summed E-state index contributed by atoms with van der Waals surface area (Å²) in [6, 6.07) is 0. The van der Waals surface area contributed by atoms with Crippen LogP contribution in [0.2, 0.25) is 0 Å². The van der Waals surface area contributed by atoms with Gasteiger partial charge in [0, 0.05) is 18.3 Å². The Morgan fingerprint density at radius 2 is 1.68 bits per heavy atom. The van der Waals surface area contributed by atoms with Gasteiger partial charge < -0.3 is 14.2 Å². The molecule has 7 atom stereocenters. The first-order valence-electron chi connectivity index (χ1n) is 12.7. The molecule has 4 aliphatic carbocycles. The molecule has 0 bridgehead atoms. The van der Waals surface area contributed by atoms with Gasteiger partial charge in [-0.25, -0.2) is 0 Å². The molecular weight excluding hydrogens is 388 g/mol. The van der Waals surface area contributed by atoms with Gasteiger partial charge in [0.25, 0.3) is 0 Å². The molecule has 0 amide bonds. The molecular formula is C27H42O4. The molecule has 4 heteroatoms. The van der Waals surface area contributed by atoms with Crippen LogP contribution in [-0.4, -0.2) is 31.1 Å². The van der Waals surface area contributed by atoms with E-state index < -0.39 is 0 Å². The standard InChI is InChI=1S/C27H42O4/c1-17(28)31-23-12-14-25(4)20-11-13-26(5)19(18(20)7-9-21(25)24(23,2)3)8-10-22(26)27(6)29-15-16-30-27/h9,18-20,22-23H,7-8,10-16H2,1-6H3/t18?,19?,20?,22?,23-,25?,26-/m0/s1. The zero-order valence-electron chi connectivity index (χ0n) is 20.5. The molecule has 0 spiro atoms. The van der Waals surface area contributed by atoms with Crippen LogP contribution in [0.4, 0.5) is 0 Å². The van der Waals surface area contributed by atoms with Crippen molar-refractivity contribution in [3.05, 3.63) is 11.6 Å². The number of carbonyl (C=O) groups excluding carboxylic acids is 1. The van der Waals surface area contributed by atoms with Gasteiger partial charge in [0.2, 0.25) is 0 Å². The van der Waals surface area contributed by atoms with Crippen LogP contribution in [0.5, 0.6) is 0 Å². The summed E-state index contributed by atoms with van der Waals surface area (Å²) in [7, 11) is 0. The quantitative estimate of drug-likeness (QED) is 0.404. The third kappa shape index (κ3) is 3.03. The SMILES string of the molecule is CC(=O)O[C@H]1CCC2(C)C(=CCC3C2CC[C@@]2(C)C3CCC2C2(C)OCCO2)C1(C)C. The van der Waals surface area contributed by atoms with E-state index in [0.717, 1.165) is 43.8 Å². The monoisotopic (exact) mass is 430 g/mol. The van der Waals surface area contributed by atoms with Crippen LogP contribution in [0, 0.1) is 39.9 Å². The molecule has 0 aromatic rings. The molecule has 3 saturated carbocycles. The fourth-order valence-electron chi connectivity index (χ4n) is 9.38. The summed E-state index contributed by atoms with van der Waals surface area (Å²) in [6.45, 7) is 14.9. The Morgan fingerprint density at radius 3 is 2.35 bits per heavy atom. The predicted octanol–water partition coefficient (Wildman–Crippen LogP) is 5.90. The maximum atomic E-state index is 11.7. The number of carbonyl (C=O) groups is 1. The lowest BCUT2D eigenvalue weighted by Crippen LogP contribution is -2.56. The molecule has 1 heterocycles. The first-order chi connectivity index (χ1) is 14.5. The lowest BCUT2D eigenvalue weighted by Gasteiger charge is -2.61. The Kier molecular flexibility index (Phi) is 5.00. The van der Waals surface area contributed by atoms with Gasteiger partial charge in [0.05, 0.1) is 13.2 Å². The molecule has 0 aromatic carbocycles. The van der Waals surface area contributed by atoms with Crippen LogP contribution in [0.15, 0.2) is 11.6 Å². The smallest absolute Gasteiger partial charge is 0.302 e. The van der Waals surface area contributed by atoms with E-state index in [2.05, 4.69) is 40.7 Å². The van der Waals surface area contributed by atoms with Gasteiger partial charge in [-0.1, -0.05) is 39.3 Å². The van der Waals surface area contributed by atoms with Crippen molar-refractivity contribution in [2.24, 2.45) is 39.9 Å². The number of ether oxygens (including phenoxy) is 3. The molecule has 1 saturated heterocycles. The number of rotatable bonds is 2. The van der Waals surface area contributed by atoms with Crippen molar-refractivity contribution in [3.8, 4) is 0 Å². The topological polar surface area (TPSA) is 44.8 Å². The van der Waals surface area contributed by atoms with Gasteiger partial charge >= 0.3 is 5.97 Å². The van der Waals surface area contributed by atoms with Crippen LogP contribution in [0.1, 0.15) is 86.5 Å². The number of fused-ring (bicyclic) bond motifs is 5. The molecule has 174 valence electrons. The van der Waals surface area contributed by atoms with Crippen LogP contribution in [0.3, 0.4) is 0 Å². The molecule has 0 aromatic heterocycles. The maximum absolute atomic E-state index is 11.7. The molecule has 4 fully saturated rings. The average molecular weight is 431 g/mol. The van der Waals surface area contributed by atoms with Crippen LogP contribution in [0.25, 0.3) is 0 Å². The molecule has 1 aliphatic heterocycles. The summed E-state index contributed by atoms with van der Waals surface area (Å²) in [5.74, 6) is 2.21. The van der Waals surface area contributed by atoms with E-state index >= 15 is 0 Å². The van der Waals surface area contributed by atoms with Crippen LogP contribution in [-0.2, 0) is 19.0 Å². The molecule has 31 heavy (non-hydrogen) atoms. The normalized spacial score (nSPS) is 47.7. The average Bonchev–Trinajstić information content (AvgIpc) is 3.28. The third-order valence-electron chi connectivity index (χ3n) is 10.7. The van der Waals surface area contributed by atoms with Crippen molar-refractivity contribution >= 4 is 5.97 Å². The fraction of sp³-hybridized carbons (Fsp3) is 0.889. The Hall–Kier alpha value is -0.870. The molecule has 5 aliphatic rings. The highest BCUT2D eigenvalue weighted by Crippen LogP contribution is 2.69. The highest BCUT2D eigenvalue weighted by Gasteiger charge is 2.64. The van der Waals surface area contributed by atoms with E-state index in [1.165, 1.54) is 32.1 Å². The Labute approximate surface area is 188 Å². The molecule has 5 unspecified atom stereocenters. The van der Waals surface area contributed by atoms with Gasteiger partial charge in [0.15, 0.2) is 5.79 Å². The molecule has 5 rings (SSSR count).